The van der Waals surface area contributed by atoms with Gasteiger partial charge in [-0.25, -0.2) is 0 Å². The van der Waals surface area contributed by atoms with Crippen LogP contribution >= 0.6 is 0 Å². The molecule has 0 heterocycles. The standard InChI is InChI=1S/C20H25N3O/c1-23(2)12-6-11-22-15-17-7-5-10-20(13-17)24-16-19-9-4-3-8-18(19)14-21/h3-5,7-10,13,22H,6,11-12,15-16H2,1-2H3. The molecule has 0 atom stereocenters. The third kappa shape index (κ3) is 6.04. The van der Waals surface area contributed by atoms with Crippen molar-refractivity contribution in [1.82, 2.24) is 10.2 Å². The third-order valence-electron chi connectivity index (χ3n) is 3.72. The molecule has 2 aromatic rings. The molecule has 1 N–H and O–H groups in total. The zero-order valence-corrected chi connectivity index (χ0v) is 14.5. The van der Waals surface area contributed by atoms with Gasteiger partial charge in [-0.15, -0.1) is 0 Å². The average Bonchev–Trinajstić information content (AvgIpc) is 2.60. The van der Waals surface area contributed by atoms with Gasteiger partial charge in [0, 0.05) is 12.1 Å². The van der Waals surface area contributed by atoms with E-state index >= 15 is 0 Å². The zero-order chi connectivity index (χ0) is 17.2. The smallest absolute Gasteiger partial charge is 0.120 e. The fourth-order valence-electron chi connectivity index (χ4n) is 2.41. The van der Waals surface area contributed by atoms with Gasteiger partial charge >= 0.3 is 0 Å². The topological polar surface area (TPSA) is 48.3 Å². The molecule has 0 fully saturated rings. The Balaban J connectivity index is 1.83. The van der Waals surface area contributed by atoms with E-state index in [9.17, 15) is 0 Å². The van der Waals surface area contributed by atoms with E-state index in [0.29, 0.717) is 12.2 Å². The van der Waals surface area contributed by atoms with Gasteiger partial charge in [0.2, 0.25) is 0 Å². The van der Waals surface area contributed by atoms with Crippen molar-refractivity contribution in [2.75, 3.05) is 27.2 Å². The lowest BCUT2D eigenvalue weighted by molar-refractivity contribution is 0.305. The summed E-state index contributed by atoms with van der Waals surface area (Å²) in [4.78, 5) is 2.19. The van der Waals surface area contributed by atoms with Crippen molar-refractivity contribution < 1.29 is 4.74 Å². The second-order valence-electron chi connectivity index (χ2n) is 6.04. The predicted octanol–water partition coefficient (Wildman–Crippen LogP) is 3.18. The zero-order valence-electron chi connectivity index (χ0n) is 14.5. The average molecular weight is 323 g/mol. The lowest BCUT2D eigenvalue weighted by atomic mass is 10.1. The van der Waals surface area contributed by atoms with Crippen LogP contribution in [0.2, 0.25) is 0 Å². The maximum atomic E-state index is 9.12. The first kappa shape index (κ1) is 18.0. The quantitative estimate of drug-likeness (QED) is 0.720. The van der Waals surface area contributed by atoms with Gasteiger partial charge in [0.1, 0.15) is 12.4 Å². The van der Waals surface area contributed by atoms with E-state index in [1.54, 1.807) is 0 Å². The molecule has 0 bridgehead atoms. The highest BCUT2D eigenvalue weighted by Gasteiger charge is 2.03. The van der Waals surface area contributed by atoms with E-state index in [1.807, 2.05) is 42.5 Å². The second kappa shape index (κ2) is 9.71. The van der Waals surface area contributed by atoms with Crippen LogP contribution in [0.25, 0.3) is 0 Å². The normalized spacial score (nSPS) is 10.6. The Bertz CT molecular complexity index is 677. The molecule has 0 aliphatic carbocycles. The van der Waals surface area contributed by atoms with Gasteiger partial charge in [-0.05, 0) is 57.4 Å². The highest BCUT2D eigenvalue weighted by molar-refractivity contribution is 5.37. The van der Waals surface area contributed by atoms with Gasteiger partial charge in [-0.3, -0.25) is 0 Å². The van der Waals surface area contributed by atoms with Gasteiger partial charge in [-0.1, -0.05) is 30.3 Å². The Morgan fingerprint density at radius 1 is 1.12 bits per heavy atom. The number of nitrogens with one attached hydrogen (secondary N) is 1. The summed E-state index contributed by atoms with van der Waals surface area (Å²) in [7, 11) is 4.18. The lowest BCUT2D eigenvalue weighted by Gasteiger charge is -2.11. The third-order valence-corrected chi connectivity index (χ3v) is 3.72. The van der Waals surface area contributed by atoms with Crippen molar-refractivity contribution in [2.45, 2.75) is 19.6 Å². The van der Waals surface area contributed by atoms with Crippen molar-refractivity contribution in [3.63, 3.8) is 0 Å². The molecule has 4 nitrogen and oxygen atoms in total. The molecular weight excluding hydrogens is 298 g/mol. The van der Waals surface area contributed by atoms with Crippen LogP contribution in [0.3, 0.4) is 0 Å². The van der Waals surface area contributed by atoms with E-state index in [1.165, 1.54) is 5.56 Å². The molecule has 4 heteroatoms. The Morgan fingerprint density at radius 3 is 2.75 bits per heavy atom. The summed E-state index contributed by atoms with van der Waals surface area (Å²) in [5, 5.41) is 12.6. The van der Waals surface area contributed by atoms with Gasteiger partial charge in [0.15, 0.2) is 0 Å². The van der Waals surface area contributed by atoms with E-state index in [-0.39, 0.29) is 0 Å². The Morgan fingerprint density at radius 2 is 1.96 bits per heavy atom. The monoisotopic (exact) mass is 323 g/mol. The lowest BCUT2D eigenvalue weighted by Crippen LogP contribution is -2.20. The van der Waals surface area contributed by atoms with E-state index in [0.717, 1.165) is 37.4 Å². The first-order valence-corrected chi connectivity index (χ1v) is 8.24. The van der Waals surface area contributed by atoms with Crippen molar-refractivity contribution in [3.8, 4) is 11.8 Å². The first-order valence-electron chi connectivity index (χ1n) is 8.24. The molecule has 0 saturated carbocycles. The molecule has 0 aromatic heterocycles. The van der Waals surface area contributed by atoms with Crippen molar-refractivity contribution in [1.29, 1.82) is 5.26 Å². The summed E-state index contributed by atoms with van der Waals surface area (Å²) < 4.78 is 5.85. The van der Waals surface area contributed by atoms with Gasteiger partial charge in [-0.2, -0.15) is 5.26 Å². The number of nitrogens with zero attached hydrogens (tertiary/aromatic N) is 2. The van der Waals surface area contributed by atoms with Crippen LogP contribution < -0.4 is 10.1 Å². The van der Waals surface area contributed by atoms with Gasteiger partial charge in [0.05, 0.1) is 11.6 Å². The highest BCUT2D eigenvalue weighted by Crippen LogP contribution is 2.16. The summed E-state index contributed by atoms with van der Waals surface area (Å²) >= 11 is 0. The molecule has 126 valence electrons. The van der Waals surface area contributed by atoms with Crippen molar-refractivity contribution >= 4 is 0 Å². The summed E-state index contributed by atoms with van der Waals surface area (Å²) in [6.07, 6.45) is 1.13. The molecule has 0 saturated heterocycles. The maximum Gasteiger partial charge on any atom is 0.120 e. The van der Waals surface area contributed by atoms with E-state index < -0.39 is 0 Å². The molecule has 0 unspecified atom stereocenters. The minimum atomic E-state index is 0.406. The fraction of sp³-hybridized carbons (Fsp3) is 0.350. The van der Waals surface area contributed by atoms with Crippen LogP contribution in [0.5, 0.6) is 5.75 Å². The summed E-state index contributed by atoms with van der Waals surface area (Å²) in [5.74, 6) is 0.829. The number of hydrogen-bond acceptors (Lipinski definition) is 4. The van der Waals surface area contributed by atoms with E-state index in [2.05, 4.69) is 36.4 Å². The molecule has 0 radical (unpaired) electrons. The Labute approximate surface area is 144 Å². The molecule has 2 rings (SSSR count). The molecule has 0 aliphatic heterocycles. The maximum absolute atomic E-state index is 9.12. The minimum Gasteiger partial charge on any atom is -0.489 e. The van der Waals surface area contributed by atoms with Crippen LogP contribution in [-0.2, 0) is 13.2 Å². The van der Waals surface area contributed by atoms with Gasteiger partial charge in [0.25, 0.3) is 0 Å². The second-order valence-corrected chi connectivity index (χ2v) is 6.04. The number of hydrogen-bond donors (Lipinski definition) is 1. The minimum absolute atomic E-state index is 0.406. The number of nitriles is 1. The van der Waals surface area contributed by atoms with Crippen LogP contribution in [0.4, 0.5) is 0 Å². The highest BCUT2D eigenvalue weighted by atomic mass is 16.5. The van der Waals surface area contributed by atoms with E-state index in [4.69, 9.17) is 10.00 Å². The van der Waals surface area contributed by atoms with Crippen LogP contribution in [0.15, 0.2) is 48.5 Å². The predicted molar refractivity (Wildman–Crippen MR) is 96.8 cm³/mol. The number of ether oxygens (including phenoxy) is 1. The van der Waals surface area contributed by atoms with Crippen LogP contribution in [0.1, 0.15) is 23.1 Å². The molecule has 24 heavy (non-hydrogen) atoms. The molecule has 0 amide bonds. The Kier molecular flexibility index (Phi) is 7.28. The molecule has 0 spiro atoms. The summed E-state index contributed by atoms with van der Waals surface area (Å²) in [5.41, 5.74) is 2.77. The summed E-state index contributed by atoms with van der Waals surface area (Å²) in [6.45, 7) is 3.33. The number of rotatable bonds is 9. The number of benzene rings is 2. The van der Waals surface area contributed by atoms with Gasteiger partial charge < -0.3 is 15.0 Å². The SMILES string of the molecule is CN(C)CCCNCc1cccc(OCc2ccccc2C#N)c1. The summed E-state index contributed by atoms with van der Waals surface area (Å²) in [6, 6.07) is 17.8. The fourth-order valence-corrected chi connectivity index (χ4v) is 2.41. The van der Waals surface area contributed by atoms with Crippen LogP contribution in [0, 0.1) is 11.3 Å². The molecular formula is C20H25N3O. The molecule has 2 aromatic carbocycles. The largest absolute Gasteiger partial charge is 0.489 e. The Hall–Kier alpha value is -2.35. The van der Waals surface area contributed by atoms with Crippen molar-refractivity contribution in [3.05, 3.63) is 65.2 Å². The van der Waals surface area contributed by atoms with Crippen LogP contribution in [-0.4, -0.2) is 32.1 Å². The first-order chi connectivity index (χ1) is 11.7. The molecule has 0 aliphatic rings. The van der Waals surface area contributed by atoms with Crippen molar-refractivity contribution in [2.24, 2.45) is 0 Å².